The van der Waals surface area contributed by atoms with Gasteiger partial charge in [0.1, 0.15) is 0 Å². The van der Waals surface area contributed by atoms with Crippen molar-refractivity contribution in [2.75, 3.05) is 16.9 Å². The van der Waals surface area contributed by atoms with Crippen LogP contribution in [0.1, 0.15) is 12.0 Å². The van der Waals surface area contributed by atoms with Crippen LogP contribution in [0.5, 0.6) is 0 Å². The number of nitrogens with two attached hydrogens (primary N) is 1. The van der Waals surface area contributed by atoms with Gasteiger partial charge in [-0.25, -0.2) is 0 Å². The fourth-order valence-electron chi connectivity index (χ4n) is 1.21. The zero-order chi connectivity index (χ0) is 13.1. The summed E-state index contributed by atoms with van der Waals surface area (Å²) in [6.45, 7) is 0. The van der Waals surface area contributed by atoms with Crippen molar-refractivity contribution in [2.24, 2.45) is 0 Å². The van der Waals surface area contributed by atoms with E-state index in [9.17, 15) is 18.0 Å². The number of carbonyl (C=O) groups is 1. The summed E-state index contributed by atoms with van der Waals surface area (Å²) in [6.07, 6.45) is -4.41. The third kappa shape index (κ3) is 3.81. The van der Waals surface area contributed by atoms with Crippen LogP contribution >= 0.6 is 11.6 Å². The Morgan fingerprint density at radius 1 is 1.41 bits per heavy atom. The molecule has 94 valence electrons. The summed E-state index contributed by atoms with van der Waals surface area (Å²) < 4.78 is 37.1. The molecule has 0 bridgehead atoms. The van der Waals surface area contributed by atoms with E-state index in [-0.39, 0.29) is 23.9 Å². The number of rotatable bonds is 3. The predicted molar refractivity (Wildman–Crippen MR) is 59.8 cm³/mol. The number of benzene rings is 1. The molecule has 0 aromatic heterocycles. The number of nitrogen functional groups attached to an aromatic ring is 1. The second kappa shape index (κ2) is 5.27. The lowest BCUT2D eigenvalue weighted by atomic mass is 10.1. The van der Waals surface area contributed by atoms with Gasteiger partial charge in [0.15, 0.2) is 0 Å². The van der Waals surface area contributed by atoms with Crippen LogP contribution in [0.3, 0.4) is 0 Å². The van der Waals surface area contributed by atoms with Crippen molar-refractivity contribution in [3.63, 3.8) is 0 Å². The highest BCUT2D eigenvalue weighted by atomic mass is 35.5. The lowest BCUT2D eigenvalue weighted by Crippen LogP contribution is -2.13. The fraction of sp³-hybridized carbons (Fsp3) is 0.300. The zero-order valence-electron chi connectivity index (χ0n) is 8.64. The first kappa shape index (κ1) is 13.6. The monoisotopic (exact) mass is 266 g/mol. The lowest BCUT2D eigenvalue weighted by Gasteiger charge is -2.11. The van der Waals surface area contributed by atoms with E-state index < -0.39 is 17.4 Å². The van der Waals surface area contributed by atoms with Gasteiger partial charge < -0.3 is 11.1 Å². The quantitative estimate of drug-likeness (QED) is 0.653. The van der Waals surface area contributed by atoms with Crippen LogP contribution in [-0.2, 0) is 11.0 Å². The first-order chi connectivity index (χ1) is 7.84. The molecule has 17 heavy (non-hydrogen) atoms. The van der Waals surface area contributed by atoms with Crippen LogP contribution in [0.4, 0.5) is 24.5 Å². The Labute approximate surface area is 101 Å². The molecule has 0 fully saturated rings. The van der Waals surface area contributed by atoms with E-state index in [1.54, 1.807) is 0 Å². The van der Waals surface area contributed by atoms with Gasteiger partial charge in [-0.1, -0.05) is 0 Å². The van der Waals surface area contributed by atoms with Gasteiger partial charge in [0, 0.05) is 23.7 Å². The van der Waals surface area contributed by atoms with E-state index in [1.165, 1.54) is 0 Å². The SMILES string of the molecule is Nc1cc(NC(=O)CCCl)ccc1C(F)(F)F. The van der Waals surface area contributed by atoms with E-state index in [2.05, 4.69) is 5.32 Å². The van der Waals surface area contributed by atoms with Crippen molar-refractivity contribution in [3.8, 4) is 0 Å². The molecule has 3 nitrogen and oxygen atoms in total. The zero-order valence-corrected chi connectivity index (χ0v) is 9.40. The number of nitrogens with one attached hydrogen (secondary N) is 1. The van der Waals surface area contributed by atoms with E-state index in [0.29, 0.717) is 0 Å². The molecule has 0 aliphatic heterocycles. The molecule has 1 rings (SSSR count). The molecule has 0 spiro atoms. The Balaban J connectivity index is 2.86. The van der Waals surface area contributed by atoms with Crippen LogP contribution < -0.4 is 11.1 Å². The smallest absolute Gasteiger partial charge is 0.398 e. The first-order valence-corrected chi connectivity index (χ1v) is 5.20. The molecule has 0 atom stereocenters. The van der Waals surface area contributed by atoms with Gasteiger partial charge in [0.05, 0.1) is 5.56 Å². The number of carbonyl (C=O) groups excluding carboxylic acids is 1. The molecule has 0 unspecified atom stereocenters. The summed E-state index contributed by atoms with van der Waals surface area (Å²) in [7, 11) is 0. The third-order valence-corrected chi connectivity index (χ3v) is 2.15. The number of alkyl halides is 4. The summed E-state index contributed by atoms with van der Waals surface area (Å²) in [5, 5.41) is 2.39. The Morgan fingerprint density at radius 2 is 2.06 bits per heavy atom. The summed E-state index contributed by atoms with van der Waals surface area (Å²) in [5.41, 5.74) is 4.12. The molecule has 0 saturated carbocycles. The first-order valence-electron chi connectivity index (χ1n) is 4.67. The summed E-state index contributed by atoms with van der Waals surface area (Å²) >= 11 is 5.34. The standard InChI is InChI=1S/C10H10ClF3N2O/c11-4-3-9(17)16-6-1-2-7(8(15)5-6)10(12,13)14/h1-2,5H,3-4,15H2,(H,16,17). The highest BCUT2D eigenvalue weighted by molar-refractivity contribution is 6.19. The minimum atomic E-state index is -4.50. The number of hydrogen-bond acceptors (Lipinski definition) is 2. The van der Waals surface area contributed by atoms with E-state index in [4.69, 9.17) is 17.3 Å². The van der Waals surface area contributed by atoms with Crippen molar-refractivity contribution >= 4 is 28.9 Å². The molecule has 1 aromatic rings. The van der Waals surface area contributed by atoms with Crippen LogP contribution in [0.15, 0.2) is 18.2 Å². The van der Waals surface area contributed by atoms with Crippen molar-refractivity contribution in [1.29, 1.82) is 0 Å². The molecule has 1 amide bonds. The van der Waals surface area contributed by atoms with Crippen LogP contribution in [0, 0.1) is 0 Å². The molecule has 7 heteroatoms. The fourth-order valence-corrected chi connectivity index (χ4v) is 1.38. The second-order valence-electron chi connectivity index (χ2n) is 3.29. The van der Waals surface area contributed by atoms with Gasteiger partial charge in [0.25, 0.3) is 0 Å². The Bertz CT molecular complexity index is 421. The number of anilines is 2. The van der Waals surface area contributed by atoms with E-state index in [0.717, 1.165) is 18.2 Å². The molecule has 1 aromatic carbocycles. The largest absolute Gasteiger partial charge is 0.418 e. The normalized spacial score (nSPS) is 11.3. The third-order valence-electron chi connectivity index (χ3n) is 1.96. The summed E-state index contributed by atoms with van der Waals surface area (Å²) in [5.74, 6) is -0.235. The van der Waals surface area contributed by atoms with Crippen molar-refractivity contribution in [2.45, 2.75) is 12.6 Å². The van der Waals surface area contributed by atoms with Crippen molar-refractivity contribution < 1.29 is 18.0 Å². The highest BCUT2D eigenvalue weighted by Crippen LogP contribution is 2.34. The van der Waals surface area contributed by atoms with E-state index in [1.807, 2.05) is 0 Å². The Kier molecular flexibility index (Phi) is 4.22. The predicted octanol–water partition coefficient (Wildman–Crippen LogP) is 2.86. The van der Waals surface area contributed by atoms with Gasteiger partial charge in [0.2, 0.25) is 5.91 Å². The number of amides is 1. The van der Waals surface area contributed by atoms with Gasteiger partial charge in [-0.2, -0.15) is 13.2 Å². The molecule has 0 saturated heterocycles. The maximum atomic E-state index is 12.4. The van der Waals surface area contributed by atoms with Crippen LogP contribution in [0.25, 0.3) is 0 Å². The Morgan fingerprint density at radius 3 is 2.53 bits per heavy atom. The van der Waals surface area contributed by atoms with Crippen LogP contribution in [-0.4, -0.2) is 11.8 Å². The van der Waals surface area contributed by atoms with Gasteiger partial charge in [-0.15, -0.1) is 11.6 Å². The molecule has 0 aliphatic rings. The summed E-state index contributed by atoms with van der Waals surface area (Å²) in [4.78, 5) is 11.1. The second-order valence-corrected chi connectivity index (χ2v) is 3.66. The van der Waals surface area contributed by atoms with Crippen LogP contribution in [0.2, 0.25) is 0 Å². The maximum absolute atomic E-state index is 12.4. The molecular weight excluding hydrogens is 257 g/mol. The van der Waals surface area contributed by atoms with Gasteiger partial charge in [-0.05, 0) is 18.2 Å². The highest BCUT2D eigenvalue weighted by Gasteiger charge is 2.32. The topological polar surface area (TPSA) is 55.1 Å². The van der Waals surface area contributed by atoms with E-state index >= 15 is 0 Å². The molecule has 0 radical (unpaired) electrons. The lowest BCUT2D eigenvalue weighted by molar-refractivity contribution is -0.136. The summed E-state index contributed by atoms with van der Waals surface area (Å²) in [6, 6.07) is 3.03. The minimum absolute atomic E-state index is 0.0858. The van der Waals surface area contributed by atoms with Crippen molar-refractivity contribution in [1.82, 2.24) is 0 Å². The average Bonchev–Trinajstić information content (AvgIpc) is 2.15. The minimum Gasteiger partial charge on any atom is -0.398 e. The van der Waals surface area contributed by atoms with Gasteiger partial charge >= 0.3 is 6.18 Å². The van der Waals surface area contributed by atoms with Crippen molar-refractivity contribution in [3.05, 3.63) is 23.8 Å². The number of hydrogen-bond donors (Lipinski definition) is 2. The molecule has 0 heterocycles. The number of halogens is 4. The maximum Gasteiger partial charge on any atom is 0.418 e. The average molecular weight is 267 g/mol. The Hall–Kier alpha value is -1.43. The molecule has 3 N–H and O–H groups in total. The molecule has 0 aliphatic carbocycles. The molecular formula is C10H10ClF3N2O. The van der Waals surface area contributed by atoms with Gasteiger partial charge in [-0.3, -0.25) is 4.79 Å².